The lowest BCUT2D eigenvalue weighted by Crippen LogP contribution is -2.22. The molecule has 1 amide bonds. The topological polar surface area (TPSA) is 63.4 Å². The van der Waals surface area contributed by atoms with Crippen LogP contribution < -0.4 is 5.73 Å². The molecule has 0 aliphatic rings. The molecule has 0 heterocycles. The Labute approximate surface area is 90.4 Å². The fourth-order valence-electron chi connectivity index (χ4n) is 0.992. The van der Waals surface area contributed by atoms with Crippen molar-refractivity contribution in [1.82, 2.24) is 4.90 Å². The third-order valence-electron chi connectivity index (χ3n) is 1.80. The number of carbonyl (C=O) groups is 2. The predicted molar refractivity (Wildman–Crippen MR) is 59.9 cm³/mol. The van der Waals surface area contributed by atoms with Crippen molar-refractivity contribution < 1.29 is 9.59 Å². The number of hydrogen-bond donors (Lipinski definition) is 1. The Bertz CT molecular complexity index is 315. The van der Waals surface area contributed by atoms with E-state index in [1.807, 2.05) is 0 Å². The molecule has 0 aliphatic heterocycles. The van der Waals surface area contributed by atoms with Gasteiger partial charge in [0.05, 0.1) is 0 Å². The lowest BCUT2D eigenvalue weighted by Gasteiger charge is -2.13. The SMILES string of the molecule is C=C(C(N)=O)/C(=C/N(C)C)C(=O)C(C)C. The van der Waals surface area contributed by atoms with Crippen LogP contribution in [0.3, 0.4) is 0 Å². The molecule has 0 saturated carbocycles. The van der Waals surface area contributed by atoms with Crippen LogP contribution >= 0.6 is 0 Å². The number of primary amides is 1. The Hall–Kier alpha value is -1.58. The minimum atomic E-state index is -0.669. The van der Waals surface area contributed by atoms with Gasteiger partial charge in [0.1, 0.15) is 0 Å². The average molecular weight is 210 g/mol. The van der Waals surface area contributed by atoms with Crippen LogP contribution in [-0.2, 0) is 9.59 Å². The van der Waals surface area contributed by atoms with Crippen molar-refractivity contribution in [2.24, 2.45) is 11.7 Å². The number of nitrogens with two attached hydrogens (primary N) is 1. The largest absolute Gasteiger partial charge is 0.383 e. The van der Waals surface area contributed by atoms with Gasteiger partial charge in [-0.1, -0.05) is 20.4 Å². The fraction of sp³-hybridized carbons (Fsp3) is 0.455. The highest BCUT2D eigenvalue weighted by Gasteiger charge is 2.19. The van der Waals surface area contributed by atoms with Gasteiger partial charge >= 0.3 is 0 Å². The van der Waals surface area contributed by atoms with Crippen LogP contribution in [0.1, 0.15) is 13.8 Å². The molecule has 0 aromatic rings. The summed E-state index contributed by atoms with van der Waals surface area (Å²) in [6.45, 7) is 7.05. The number of ketones is 1. The summed E-state index contributed by atoms with van der Waals surface area (Å²) in [6.07, 6.45) is 1.56. The molecule has 0 fully saturated rings. The van der Waals surface area contributed by atoms with Gasteiger partial charge in [0.25, 0.3) is 0 Å². The monoisotopic (exact) mass is 210 g/mol. The molecule has 0 spiro atoms. The minimum absolute atomic E-state index is 0.0578. The molecule has 0 atom stereocenters. The van der Waals surface area contributed by atoms with Crippen LogP contribution in [0.25, 0.3) is 0 Å². The molecule has 0 saturated heterocycles. The first-order chi connectivity index (χ1) is 6.77. The van der Waals surface area contributed by atoms with E-state index in [0.29, 0.717) is 0 Å². The van der Waals surface area contributed by atoms with E-state index in [1.54, 1.807) is 39.0 Å². The summed E-state index contributed by atoms with van der Waals surface area (Å²) in [5.74, 6) is -0.989. The van der Waals surface area contributed by atoms with E-state index in [4.69, 9.17) is 5.73 Å². The van der Waals surface area contributed by atoms with Crippen LogP contribution in [0.15, 0.2) is 23.9 Å². The third-order valence-corrected chi connectivity index (χ3v) is 1.80. The van der Waals surface area contributed by atoms with E-state index in [2.05, 4.69) is 6.58 Å². The zero-order valence-electron chi connectivity index (χ0n) is 9.70. The molecule has 0 aliphatic carbocycles. The molecule has 4 nitrogen and oxygen atoms in total. The van der Waals surface area contributed by atoms with Crippen molar-refractivity contribution in [3.05, 3.63) is 23.9 Å². The zero-order chi connectivity index (χ0) is 12.2. The summed E-state index contributed by atoms with van der Waals surface area (Å²) in [6, 6.07) is 0. The Kier molecular flexibility index (Phi) is 4.78. The number of carbonyl (C=O) groups excluding carboxylic acids is 2. The van der Waals surface area contributed by atoms with E-state index < -0.39 is 5.91 Å². The second kappa shape index (κ2) is 5.34. The van der Waals surface area contributed by atoms with E-state index in [1.165, 1.54) is 0 Å². The molecule has 2 N–H and O–H groups in total. The van der Waals surface area contributed by atoms with Crippen molar-refractivity contribution in [3.63, 3.8) is 0 Å². The summed E-state index contributed by atoms with van der Waals surface area (Å²) in [5.41, 5.74) is 5.44. The lowest BCUT2D eigenvalue weighted by atomic mass is 9.96. The number of rotatable bonds is 5. The van der Waals surface area contributed by atoms with Gasteiger partial charge in [0, 0.05) is 37.4 Å². The van der Waals surface area contributed by atoms with Gasteiger partial charge in [-0.3, -0.25) is 9.59 Å². The molecule has 0 unspecified atom stereocenters. The summed E-state index contributed by atoms with van der Waals surface area (Å²) in [7, 11) is 3.53. The standard InChI is InChI=1S/C11H18N2O2/c1-7(2)10(14)9(6-13(4)5)8(3)11(12)15/h6-7H,3H2,1-2,4-5H3,(H2,12,15)/b9-6-. The molecule has 84 valence electrons. The Balaban J connectivity index is 5.17. The van der Waals surface area contributed by atoms with Crippen molar-refractivity contribution in [1.29, 1.82) is 0 Å². The first-order valence-corrected chi connectivity index (χ1v) is 4.69. The highest BCUT2D eigenvalue weighted by Crippen LogP contribution is 2.14. The lowest BCUT2D eigenvalue weighted by molar-refractivity contribution is -0.119. The van der Waals surface area contributed by atoms with Crippen LogP contribution in [0.4, 0.5) is 0 Å². The van der Waals surface area contributed by atoms with E-state index in [0.717, 1.165) is 0 Å². The number of amides is 1. The maximum absolute atomic E-state index is 11.8. The maximum Gasteiger partial charge on any atom is 0.248 e. The number of hydrogen-bond acceptors (Lipinski definition) is 3. The Morgan fingerprint density at radius 2 is 1.80 bits per heavy atom. The van der Waals surface area contributed by atoms with Gasteiger partial charge in [-0.2, -0.15) is 0 Å². The van der Waals surface area contributed by atoms with Crippen LogP contribution in [0.2, 0.25) is 0 Å². The fourth-order valence-corrected chi connectivity index (χ4v) is 0.992. The quantitative estimate of drug-likeness (QED) is 0.536. The second-order valence-electron chi connectivity index (χ2n) is 3.87. The molecule has 0 bridgehead atoms. The summed E-state index contributed by atoms with van der Waals surface area (Å²) in [4.78, 5) is 24.4. The van der Waals surface area contributed by atoms with Gasteiger partial charge in [0.2, 0.25) is 5.91 Å². The molecule has 0 aromatic heterocycles. The van der Waals surface area contributed by atoms with Crippen LogP contribution in [-0.4, -0.2) is 30.7 Å². The molecular formula is C11H18N2O2. The van der Waals surface area contributed by atoms with Gasteiger partial charge < -0.3 is 10.6 Å². The first kappa shape index (κ1) is 13.4. The Morgan fingerprint density at radius 3 is 2.07 bits per heavy atom. The molecule has 0 radical (unpaired) electrons. The number of Topliss-reactive ketones (excluding diaryl/α,β-unsaturated/α-hetero) is 1. The minimum Gasteiger partial charge on any atom is -0.383 e. The predicted octanol–water partition coefficient (Wildman–Crippen LogP) is 0.698. The number of nitrogens with zero attached hydrogens (tertiary/aromatic N) is 1. The third kappa shape index (κ3) is 3.97. The molecule has 0 rings (SSSR count). The smallest absolute Gasteiger partial charge is 0.248 e. The molecule has 4 heteroatoms. The summed E-state index contributed by atoms with van der Waals surface area (Å²) < 4.78 is 0. The van der Waals surface area contributed by atoms with Crippen LogP contribution in [0.5, 0.6) is 0 Å². The molecule has 0 aromatic carbocycles. The van der Waals surface area contributed by atoms with Crippen molar-refractivity contribution in [2.75, 3.05) is 14.1 Å². The average Bonchev–Trinajstić information content (AvgIpc) is 2.11. The first-order valence-electron chi connectivity index (χ1n) is 4.69. The highest BCUT2D eigenvalue weighted by atomic mass is 16.1. The molecular weight excluding hydrogens is 192 g/mol. The normalized spacial score (nSPS) is 11.4. The van der Waals surface area contributed by atoms with E-state index in [9.17, 15) is 9.59 Å². The van der Waals surface area contributed by atoms with Gasteiger partial charge in [-0.25, -0.2) is 0 Å². The van der Waals surface area contributed by atoms with Gasteiger partial charge in [-0.05, 0) is 0 Å². The summed E-state index contributed by atoms with van der Waals surface area (Å²) >= 11 is 0. The van der Waals surface area contributed by atoms with Crippen molar-refractivity contribution in [3.8, 4) is 0 Å². The van der Waals surface area contributed by atoms with E-state index >= 15 is 0 Å². The summed E-state index contributed by atoms with van der Waals surface area (Å²) in [5, 5.41) is 0. The molecule has 15 heavy (non-hydrogen) atoms. The van der Waals surface area contributed by atoms with Gasteiger partial charge in [-0.15, -0.1) is 0 Å². The van der Waals surface area contributed by atoms with Crippen LogP contribution in [0, 0.1) is 5.92 Å². The highest BCUT2D eigenvalue weighted by molar-refractivity contribution is 6.11. The van der Waals surface area contributed by atoms with Crippen molar-refractivity contribution in [2.45, 2.75) is 13.8 Å². The van der Waals surface area contributed by atoms with Gasteiger partial charge in [0.15, 0.2) is 5.78 Å². The second-order valence-corrected chi connectivity index (χ2v) is 3.87. The maximum atomic E-state index is 11.8. The Morgan fingerprint density at radius 1 is 1.33 bits per heavy atom. The zero-order valence-corrected chi connectivity index (χ0v) is 9.70. The van der Waals surface area contributed by atoms with Crippen molar-refractivity contribution >= 4 is 11.7 Å². The van der Waals surface area contributed by atoms with E-state index in [-0.39, 0.29) is 22.8 Å².